The van der Waals surface area contributed by atoms with Gasteiger partial charge in [0.25, 0.3) is 5.91 Å². The number of anilines is 1. The molecule has 2 aromatic carbocycles. The first-order valence-electron chi connectivity index (χ1n) is 11.6. The number of carbonyl (C=O) groups excluding carboxylic acids is 1. The molecule has 0 aliphatic carbocycles. The molecular formula is C27H26N4O4. The summed E-state index contributed by atoms with van der Waals surface area (Å²) in [6, 6.07) is 18.8. The molecule has 0 spiro atoms. The van der Waals surface area contributed by atoms with Gasteiger partial charge in [-0.2, -0.15) is 0 Å². The summed E-state index contributed by atoms with van der Waals surface area (Å²) in [5, 5.41) is 0.842. The van der Waals surface area contributed by atoms with Crippen molar-refractivity contribution in [3.05, 3.63) is 82.5 Å². The lowest BCUT2D eigenvalue weighted by Crippen LogP contribution is -2.50. The summed E-state index contributed by atoms with van der Waals surface area (Å²) >= 11 is 0. The summed E-state index contributed by atoms with van der Waals surface area (Å²) < 4.78 is 11.0. The average molecular weight is 471 g/mol. The highest BCUT2D eigenvalue weighted by Gasteiger charge is 2.23. The fourth-order valence-electron chi connectivity index (χ4n) is 4.29. The van der Waals surface area contributed by atoms with Crippen LogP contribution in [0, 0.1) is 13.8 Å². The van der Waals surface area contributed by atoms with Gasteiger partial charge in [0.2, 0.25) is 0 Å². The summed E-state index contributed by atoms with van der Waals surface area (Å²) in [6.45, 7) is 6.19. The van der Waals surface area contributed by atoms with Crippen LogP contribution in [0.2, 0.25) is 0 Å². The van der Waals surface area contributed by atoms with Crippen molar-refractivity contribution in [2.75, 3.05) is 37.7 Å². The second-order valence-corrected chi connectivity index (χ2v) is 8.59. The van der Waals surface area contributed by atoms with Crippen LogP contribution in [0.3, 0.4) is 0 Å². The third-order valence-corrected chi connectivity index (χ3v) is 6.14. The average Bonchev–Trinajstić information content (AvgIpc) is 2.87. The fraction of sp³-hybridized carbons (Fsp3) is 0.259. The van der Waals surface area contributed by atoms with Crippen molar-refractivity contribution in [1.29, 1.82) is 0 Å². The SMILES string of the molecule is Cc1nc(-c2ccccc2)cc(N2CCN(C(=O)COc3ccc4c(C)cc(=O)oc4c3)CC2)n1. The van der Waals surface area contributed by atoms with Crippen LogP contribution in [0.15, 0.2) is 69.9 Å². The van der Waals surface area contributed by atoms with Crippen LogP contribution in [0.25, 0.3) is 22.2 Å². The standard InChI is InChI=1S/C27H26N4O4/c1-18-14-27(33)35-24-15-21(8-9-22(18)24)34-17-26(32)31-12-10-30(11-13-31)25-16-23(28-19(2)29-25)20-6-4-3-5-7-20/h3-9,14-16H,10-13,17H2,1-2H3. The van der Waals surface area contributed by atoms with Crippen LogP contribution in [-0.4, -0.2) is 53.6 Å². The van der Waals surface area contributed by atoms with Crippen molar-refractivity contribution in [2.45, 2.75) is 13.8 Å². The maximum absolute atomic E-state index is 12.8. The number of amides is 1. The quantitative estimate of drug-likeness (QED) is 0.412. The summed E-state index contributed by atoms with van der Waals surface area (Å²) in [7, 11) is 0. The highest BCUT2D eigenvalue weighted by Crippen LogP contribution is 2.24. The lowest BCUT2D eigenvalue weighted by atomic mass is 10.1. The highest BCUT2D eigenvalue weighted by molar-refractivity contribution is 5.82. The van der Waals surface area contributed by atoms with Crippen LogP contribution >= 0.6 is 0 Å². The van der Waals surface area contributed by atoms with Crippen molar-refractivity contribution in [2.24, 2.45) is 0 Å². The number of hydrogen-bond donors (Lipinski definition) is 0. The lowest BCUT2D eigenvalue weighted by molar-refractivity contribution is -0.133. The predicted octanol–water partition coefficient (Wildman–Crippen LogP) is 3.59. The van der Waals surface area contributed by atoms with Crippen LogP contribution in [0.5, 0.6) is 5.75 Å². The van der Waals surface area contributed by atoms with E-state index < -0.39 is 5.63 Å². The van der Waals surface area contributed by atoms with Gasteiger partial charge in [0, 0.05) is 55.3 Å². The Kier molecular flexibility index (Phi) is 6.18. The van der Waals surface area contributed by atoms with E-state index in [0.29, 0.717) is 37.5 Å². The van der Waals surface area contributed by atoms with Gasteiger partial charge < -0.3 is 19.0 Å². The summed E-state index contributed by atoms with van der Waals surface area (Å²) in [4.78, 5) is 37.6. The monoisotopic (exact) mass is 470 g/mol. The second kappa shape index (κ2) is 9.58. The third kappa shape index (κ3) is 5.01. The number of carbonyl (C=O) groups is 1. The number of fused-ring (bicyclic) bond motifs is 1. The number of ether oxygens (including phenoxy) is 1. The number of hydrogen-bond acceptors (Lipinski definition) is 7. The molecule has 4 aromatic rings. The molecule has 5 rings (SSSR count). The Labute approximate surface area is 202 Å². The first-order chi connectivity index (χ1) is 17.0. The van der Waals surface area contributed by atoms with E-state index in [1.165, 1.54) is 6.07 Å². The number of piperazine rings is 1. The Bertz CT molecular complexity index is 1430. The maximum Gasteiger partial charge on any atom is 0.336 e. The Morgan fingerprint density at radius 1 is 0.971 bits per heavy atom. The van der Waals surface area contributed by atoms with Gasteiger partial charge >= 0.3 is 5.63 Å². The molecule has 1 aliphatic rings. The van der Waals surface area contributed by atoms with Gasteiger partial charge in [-0.25, -0.2) is 14.8 Å². The Morgan fingerprint density at radius 3 is 2.51 bits per heavy atom. The molecule has 35 heavy (non-hydrogen) atoms. The largest absolute Gasteiger partial charge is 0.484 e. The van der Waals surface area contributed by atoms with E-state index in [1.54, 1.807) is 17.0 Å². The Hall–Kier alpha value is -4.20. The van der Waals surface area contributed by atoms with E-state index in [9.17, 15) is 9.59 Å². The van der Waals surface area contributed by atoms with Crippen molar-refractivity contribution in [3.63, 3.8) is 0 Å². The molecule has 1 aliphatic heterocycles. The molecule has 0 bridgehead atoms. The lowest BCUT2D eigenvalue weighted by Gasteiger charge is -2.35. The zero-order valence-electron chi connectivity index (χ0n) is 19.7. The van der Waals surface area contributed by atoms with E-state index >= 15 is 0 Å². The minimum atomic E-state index is -0.407. The van der Waals surface area contributed by atoms with Crippen molar-refractivity contribution in [3.8, 4) is 17.0 Å². The number of aryl methyl sites for hydroxylation is 2. The van der Waals surface area contributed by atoms with Gasteiger partial charge in [-0.05, 0) is 31.5 Å². The van der Waals surface area contributed by atoms with Gasteiger partial charge in [0.15, 0.2) is 6.61 Å². The van der Waals surface area contributed by atoms with Gasteiger partial charge in [0.1, 0.15) is 23.0 Å². The number of benzene rings is 2. The van der Waals surface area contributed by atoms with Crippen LogP contribution < -0.4 is 15.3 Å². The first-order valence-corrected chi connectivity index (χ1v) is 11.6. The maximum atomic E-state index is 12.8. The zero-order valence-corrected chi connectivity index (χ0v) is 19.7. The summed E-state index contributed by atoms with van der Waals surface area (Å²) in [5.41, 5.74) is 2.82. The van der Waals surface area contributed by atoms with Gasteiger partial charge in [0.05, 0.1) is 5.69 Å². The highest BCUT2D eigenvalue weighted by atomic mass is 16.5. The Morgan fingerprint density at radius 2 is 1.74 bits per heavy atom. The van der Waals surface area contributed by atoms with Gasteiger partial charge in [-0.3, -0.25) is 4.79 Å². The van der Waals surface area contributed by atoms with Crippen LogP contribution in [0.1, 0.15) is 11.4 Å². The molecular weight excluding hydrogens is 444 g/mol. The second-order valence-electron chi connectivity index (χ2n) is 8.59. The van der Waals surface area contributed by atoms with Crippen molar-refractivity contribution in [1.82, 2.24) is 14.9 Å². The van der Waals surface area contributed by atoms with Crippen LogP contribution in [0.4, 0.5) is 5.82 Å². The van der Waals surface area contributed by atoms with E-state index in [0.717, 1.165) is 33.8 Å². The number of aromatic nitrogens is 2. The van der Waals surface area contributed by atoms with Crippen molar-refractivity contribution >= 4 is 22.7 Å². The molecule has 1 saturated heterocycles. The molecule has 0 radical (unpaired) electrons. The molecule has 0 atom stereocenters. The smallest absolute Gasteiger partial charge is 0.336 e. The molecule has 2 aromatic heterocycles. The molecule has 1 fully saturated rings. The minimum absolute atomic E-state index is 0.0771. The molecule has 8 heteroatoms. The van der Waals surface area contributed by atoms with E-state index in [-0.39, 0.29) is 12.5 Å². The predicted molar refractivity (Wildman–Crippen MR) is 134 cm³/mol. The molecule has 3 heterocycles. The van der Waals surface area contributed by atoms with E-state index in [1.807, 2.05) is 56.3 Å². The zero-order chi connectivity index (χ0) is 24.4. The van der Waals surface area contributed by atoms with E-state index in [2.05, 4.69) is 14.9 Å². The molecule has 0 unspecified atom stereocenters. The molecule has 178 valence electrons. The number of nitrogens with zero attached hydrogens (tertiary/aromatic N) is 4. The Balaban J connectivity index is 1.20. The fourth-order valence-corrected chi connectivity index (χ4v) is 4.29. The first kappa shape index (κ1) is 22.6. The molecule has 0 N–H and O–H groups in total. The third-order valence-electron chi connectivity index (χ3n) is 6.14. The molecule has 8 nitrogen and oxygen atoms in total. The number of rotatable bonds is 5. The van der Waals surface area contributed by atoms with Gasteiger partial charge in [-0.1, -0.05) is 30.3 Å². The normalized spacial score (nSPS) is 13.8. The molecule has 0 saturated carbocycles. The molecule has 1 amide bonds. The summed E-state index contributed by atoms with van der Waals surface area (Å²) in [6.07, 6.45) is 0. The van der Waals surface area contributed by atoms with E-state index in [4.69, 9.17) is 9.15 Å². The summed E-state index contributed by atoms with van der Waals surface area (Å²) in [5.74, 6) is 1.99. The van der Waals surface area contributed by atoms with Gasteiger partial charge in [-0.15, -0.1) is 0 Å². The van der Waals surface area contributed by atoms with Crippen molar-refractivity contribution < 1.29 is 13.9 Å². The topological polar surface area (TPSA) is 88.8 Å². The van der Waals surface area contributed by atoms with Crippen LogP contribution in [-0.2, 0) is 4.79 Å². The minimum Gasteiger partial charge on any atom is -0.484 e.